The van der Waals surface area contributed by atoms with E-state index >= 15 is 0 Å². The Morgan fingerprint density at radius 2 is 2.14 bits per heavy atom. The van der Waals surface area contributed by atoms with Gasteiger partial charge in [0.2, 0.25) is 0 Å². The van der Waals surface area contributed by atoms with Gasteiger partial charge in [0.05, 0.1) is 19.4 Å². The minimum atomic E-state index is 0.408. The first-order valence-electron chi connectivity index (χ1n) is 7.56. The number of hydrogen-bond donors (Lipinski definition) is 0. The Balaban J connectivity index is 1.86. The van der Waals surface area contributed by atoms with E-state index in [0.29, 0.717) is 6.04 Å². The molecule has 1 aromatic heterocycles. The van der Waals surface area contributed by atoms with E-state index in [1.807, 2.05) is 12.1 Å². The summed E-state index contributed by atoms with van der Waals surface area (Å²) in [5.74, 6) is 2.52. The Bertz CT molecular complexity index is 696. The maximum absolute atomic E-state index is 5.61. The van der Waals surface area contributed by atoms with Gasteiger partial charge >= 0.3 is 0 Å². The van der Waals surface area contributed by atoms with Gasteiger partial charge in [-0.2, -0.15) is 0 Å². The molecule has 0 saturated heterocycles. The van der Waals surface area contributed by atoms with Crippen LogP contribution in [0, 0.1) is 12.8 Å². The molecule has 3 heteroatoms. The van der Waals surface area contributed by atoms with Crippen LogP contribution in [-0.2, 0) is 6.42 Å². The molecular formula is C18H19NO2. The first-order chi connectivity index (χ1) is 10.3. The lowest BCUT2D eigenvalue weighted by molar-refractivity contribution is 0.411. The monoisotopic (exact) mass is 281 g/mol. The van der Waals surface area contributed by atoms with Gasteiger partial charge < -0.3 is 9.15 Å². The highest BCUT2D eigenvalue weighted by molar-refractivity contribution is 6.13. The number of ether oxygens (including phenoxy) is 1. The highest BCUT2D eigenvalue weighted by atomic mass is 16.5. The molecule has 2 aliphatic rings. The van der Waals surface area contributed by atoms with Crippen LogP contribution in [0.25, 0.3) is 0 Å². The molecule has 21 heavy (non-hydrogen) atoms. The molecule has 1 aliphatic heterocycles. The van der Waals surface area contributed by atoms with E-state index in [0.717, 1.165) is 35.1 Å². The largest absolute Gasteiger partial charge is 0.496 e. The van der Waals surface area contributed by atoms with E-state index in [-0.39, 0.29) is 0 Å². The van der Waals surface area contributed by atoms with Gasteiger partial charge in [-0.05, 0) is 61.4 Å². The average Bonchev–Trinajstić information content (AvgIpc) is 3.20. The lowest BCUT2D eigenvalue weighted by Crippen LogP contribution is -2.23. The molecule has 1 fully saturated rings. The molecule has 0 bridgehead atoms. The standard InChI is InChI=1S/C18H19NO2/c1-11-8-13-9-15(12-5-6-12)19-18(16-4-3-7-21-16)14(13)10-17(11)20-2/h3-4,7-8,10,12,15H,5-6,9H2,1-2H3. The molecule has 2 heterocycles. The Morgan fingerprint density at radius 3 is 2.81 bits per heavy atom. The van der Waals surface area contributed by atoms with Gasteiger partial charge in [0.15, 0.2) is 5.76 Å². The van der Waals surface area contributed by atoms with Gasteiger partial charge in [0.25, 0.3) is 0 Å². The molecule has 0 N–H and O–H groups in total. The number of benzene rings is 1. The topological polar surface area (TPSA) is 34.7 Å². The summed E-state index contributed by atoms with van der Waals surface area (Å²) in [6.07, 6.45) is 5.37. The SMILES string of the molecule is COc1cc2c(cc1C)CC(C1CC1)N=C2c1ccco1. The summed E-state index contributed by atoms with van der Waals surface area (Å²) in [7, 11) is 1.72. The van der Waals surface area contributed by atoms with Gasteiger partial charge in [-0.25, -0.2) is 0 Å². The van der Waals surface area contributed by atoms with Crippen LogP contribution in [0.2, 0.25) is 0 Å². The van der Waals surface area contributed by atoms with Gasteiger partial charge in [0.1, 0.15) is 11.5 Å². The van der Waals surface area contributed by atoms with Gasteiger partial charge in [-0.3, -0.25) is 4.99 Å². The van der Waals surface area contributed by atoms with Crippen LogP contribution in [-0.4, -0.2) is 18.9 Å². The molecule has 0 spiro atoms. The number of methoxy groups -OCH3 is 1. The van der Waals surface area contributed by atoms with E-state index in [4.69, 9.17) is 14.1 Å². The van der Waals surface area contributed by atoms with Crippen LogP contribution >= 0.6 is 0 Å². The molecule has 4 rings (SSSR count). The van der Waals surface area contributed by atoms with Crippen molar-refractivity contribution in [3.8, 4) is 5.75 Å². The molecule has 2 aromatic rings. The average molecular weight is 281 g/mol. The maximum Gasteiger partial charge on any atom is 0.152 e. The fraction of sp³-hybridized carbons (Fsp3) is 0.389. The Morgan fingerprint density at radius 1 is 1.29 bits per heavy atom. The summed E-state index contributed by atoms with van der Waals surface area (Å²) >= 11 is 0. The quantitative estimate of drug-likeness (QED) is 0.858. The van der Waals surface area contributed by atoms with E-state index in [9.17, 15) is 0 Å². The zero-order chi connectivity index (χ0) is 14.4. The van der Waals surface area contributed by atoms with Crippen molar-refractivity contribution in [2.75, 3.05) is 7.11 Å². The second-order valence-corrected chi connectivity index (χ2v) is 6.04. The molecule has 1 aliphatic carbocycles. The number of hydrogen-bond acceptors (Lipinski definition) is 3. The lowest BCUT2D eigenvalue weighted by Gasteiger charge is -2.24. The predicted molar refractivity (Wildman–Crippen MR) is 82.3 cm³/mol. The number of aliphatic imine (C=N–C) groups is 1. The van der Waals surface area contributed by atoms with Crippen molar-refractivity contribution in [3.05, 3.63) is 53.0 Å². The Hall–Kier alpha value is -2.03. The predicted octanol–water partition coefficient (Wildman–Crippen LogP) is 3.77. The molecule has 1 aromatic carbocycles. The third kappa shape index (κ3) is 2.17. The maximum atomic E-state index is 5.61. The molecule has 1 atom stereocenters. The molecule has 1 saturated carbocycles. The van der Waals surface area contributed by atoms with E-state index in [1.54, 1.807) is 13.4 Å². The summed E-state index contributed by atoms with van der Waals surface area (Å²) in [4.78, 5) is 5.00. The van der Waals surface area contributed by atoms with Crippen LogP contribution in [0.15, 0.2) is 39.9 Å². The fourth-order valence-electron chi connectivity index (χ4n) is 3.23. The van der Waals surface area contributed by atoms with Crippen molar-refractivity contribution in [1.82, 2.24) is 0 Å². The fourth-order valence-corrected chi connectivity index (χ4v) is 3.23. The zero-order valence-corrected chi connectivity index (χ0v) is 12.4. The zero-order valence-electron chi connectivity index (χ0n) is 12.4. The molecule has 108 valence electrons. The summed E-state index contributed by atoms with van der Waals surface area (Å²) in [5, 5.41) is 0. The Labute approximate surface area is 124 Å². The van der Waals surface area contributed by atoms with Crippen LogP contribution < -0.4 is 4.74 Å². The third-order valence-electron chi connectivity index (χ3n) is 4.52. The van der Waals surface area contributed by atoms with Crippen LogP contribution in [0.5, 0.6) is 5.75 Å². The summed E-state index contributed by atoms with van der Waals surface area (Å²) in [6, 6.07) is 8.68. The minimum Gasteiger partial charge on any atom is -0.496 e. The van der Waals surface area contributed by atoms with E-state index < -0.39 is 0 Å². The number of nitrogens with zero attached hydrogens (tertiary/aromatic N) is 1. The van der Waals surface area contributed by atoms with Gasteiger partial charge in [-0.1, -0.05) is 6.07 Å². The lowest BCUT2D eigenvalue weighted by atomic mass is 9.89. The van der Waals surface area contributed by atoms with Crippen LogP contribution in [0.4, 0.5) is 0 Å². The molecule has 0 radical (unpaired) electrons. The van der Waals surface area contributed by atoms with Gasteiger partial charge in [0, 0.05) is 5.56 Å². The van der Waals surface area contributed by atoms with Crippen LogP contribution in [0.1, 0.15) is 35.3 Å². The number of furan rings is 1. The number of fused-ring (bicyclic) bond motifs is 1. The minimum absolute atomic E-state index is 0.408. The van der Waals surface area contributed by atoms with Crippen molar-refractivity contribution in [2.45, 2.75) is 32.2 Å². The van der Waals surface area contributed by atoms with Crippen molar-refractivity contribution < 1.29 is 9.15 Å². The second-order valence-electron chi connectivity index (χ2n) is 6.04. The van der Waals surface area contributed by atoms with Crippen molar-refractivity contribution in [2.24, 2.45) is 10.9 Å². The van der Waals surface area contributed by atoms with Crippen molar-refractivity contribution >= 4 is 5.71 Å². The summed E-state index contributed by atoms with van der Waals surface area (Å²) < 4.78 is 11.1. The molecule has 0 amide bonds. The van der Waals surface area contributed by atoms with Crippen molar-refractivity contribution in [1.29, 1.82) is 0 Å². The highest BCUT2D eigenvalue weighted by Gasteiger charge is 2.35. The van der Waals surface area contributed by atoms with Crippen LogP contribution in [0.3, 0.4) is 0 Å². The molecule has 3 nitrogen and oxygen atoms in total. The molecular weight excluding hydrogens is 262 g/mol. The van der Waals surface area contributed by atoms with Gasteiger partial charge in [-0.15, -0.1) is 0 Å². The number of aryl methyl sites for hydroxylation is 1. The van der Waals surface area contributed by atoms with E-state index in [2.05, 4.69) is 19.1 Å². The second kappa shape index (κ2) is 4.76. The Kier molecular flexibility index (Phi) is 2.88. The molecule has 1 unspecified atom stereocenters. The highest BCUT2D eigenvalue weighted by Crippen LogP contribution is 2.40. The summed E-state index contributed by atoms with van der Waals surface area (Å²) in [5.41, 5.74) is 4.69. The first kappa shape index (κ1) is 12.7. The third-order valence-corrected chi connectivity index (χ3v) is 4.52. The first-order valence-corrected chi connectivity index (χ1v) is 7.56. The normalized spacial score (nSPS) is 20.9. The smallest absolute Gasteiger partial charge is 0.152 e. The van der Waals surface area contributed by atoms with Crippen molar-refractivity contribution in [3.63, 3.8) is 0 Å². The summed E-state index contributed by atoms with van der Waals surface area (Å²) in [6.45, 7) is 2.10. The number of rotatable bonds is 3. The van der Waals surface area contributed by atoms with E-state index in [1.165, 1.54) is 24.0 Å².